The Bertz CT molecular complexity index is 1070. The number of sulfonamides is 1. The Labute approximate surface area is 157 Å². The molecule has 2 aromatic heterocycles. The van der Waals surface area contributed by atoms with Crippen molar-refractivity contribution >= 4 is 20.9 Å². The molecule has 0 spiro atoms. The molecule has 0 amide bonds. The second kappa shape index (κ2) is 6.91. The Morgan fingerprint density at radius 3 is 2.52 bits per heavy atom. The molecule has 3 aromatic rings. The van der Waals surface area contributed by atoms with Crippen LogP contribution in [0.15, 0.2) is 41.4 Å². The number of ether oxygens (including phenoxy) is 2. The lowest BCUT2D eigenvalue weighted by molar-refractivity contribution is 0.0675. The average Bonchev–Trinajstić information content (AvgIpc) is 3.08. The van der Waals surface area contributed by atoms with E-state index in [1.54, 1.807) is 25.4 Å². The molecule has 0 radical (unpaired) electrons. The number of hydrogen-bond donors (Lipinski definition) is 1. The van der Waals surface area contributed by atoms with E-state index in [0.717, 1.165) is 29.3 Å². The maximum atomic E-state index is 11.5. The number of methoxy groups -OCH3 is 1. The van der Waals surface area contributed by atoms with E-state index in [9.17, 15) is 8.42 Å². The second-order valence-corrected chi connectivity index (χ2v) is 7.98. The van der Waals surface area contributed by atoms with E-state index < -0.39 is 10.0 Å². The Morgan fingerprint density at radius 2 is 1.89 bits per heavy atom. The summed E-state index contributed by atoms with van der Waals surface area (Å²) in [4.78, 5) is 4.37. The first-order valence-corrected chi connectivity index (χ1v) is 10.2. The largest absolute Gasteiger partial charge is 0.480 e. The smallest absolute Gasteiger partial charge is 0.238 e. The van der Waals surface area contributed by atoms with Gasteiger partial charge in [0.25, 0.3) is 0 Å². The van der Waals surface area contributed by atoms with Gasteiger partial charge in [-0.05, 0) is 31.0 Å². The molecule has 4 rings (SSSR count). The SMILES string of the molecule is COc1nccc2c1c(-c1ccc(S(N)(=O)=O)cc1)nn2C1CCOCC1. The lowest BCUT2D eigenvalue weighted by atomic mass is 10.1. The summed E-state index contributed by atoms with van der Waals surface area (Å²) in [6.45, 7) is 1.40. The normalized spacial score (nSPS) is 15.9. The number of primary sulfonamides is 1. The van der Waals surface area contributed by atoms with Crippen LogP contribution in [-0.4, -0.2) is 43.5 Å². The van der Waals surface area contributed by atoms with Gasteiger partial charge < -0.3 is 9.47 Å². The summed E-state index contributed by atoms with van der Waals surface area (Å²) in [5.74, 6) is 0.483. The van der Waals surface area contributed by atoms with Gasteiger partial charge in [-0.1, -0.05) is 12.1 Å². The Kier molecular flexibility index (Phi) is 4.58. The Morgan fingerprint density at radius 1 is 1.19 bits per heavy atom. The number of nitrogens with zero attached hydrogens (tertiary/aromatic N) is 3. The summed E-state index contributed by atoms with van der Waals surface area (Å²) < 4.78 is 36.0. The van der Waals surface area contributed by atoms with Crippen molar-refractivity contribution in [2.75, 3.05) is 20.3 Å². The van der Waals surface area contributed by atoms with Crippen molar-refractivity contribution in [3.63, 3.8) is 0 Å². The van der Waals surface area contributed by atoms with E-state index in [0.29, 0.717) is 24.8 Å². The van der Waals surface area contributed by atoms with Gasteiger partial charge in [-0.2, -0.15) is 5.10 Å². The molecule has 0 bridgehead atoms. The van der Waals surface area contributed by atoms with Crippen LogP contribution in [0.2, 0.25) is 0 Å². The molecule has 1 saturated heterocycles. The van der Waals surface area contributed by atoms with E-state index in [1.807, 2.05) is 10.7 Å². The zero-order valence-corrected chi connectivity index (χ0v) is 15.6. The molecule has 3 heterocycles. The molecule has 0 aliphatic carbocycles. The summed E-state index contributed by atoms with van der Waals surface area (Å²) in [7, 11) is -2.17. The molecule has 0 saturated carbocycles. The van der Waals surface area contributed by atoms with Crippen LogP contribution in [0.25, 0.3) is 22.2 Å². The van der Waals surface area contributed by atoms with Gasteiger partial charge in [-0.25, -0.2) is 18.5 Å². The molecule has 1 aliphatic heterocycles. The van der Waals surface area contributed by atoms with Gasteiger partial charge in [-0.15, -0.1) is 0 Å². The van der Waals surface area contributed by atoms with Gasteiger partial charge in [0, 0.05) is 25.0 Å². The van der Waals surface area contributed by atoms with E-state index >= 15 is 0 Å². The predicted molar refractivity (Wildman–Crippen MR) is 100.0 cm³/mol. The number of hydrogen-bond acceptors (Lipinski definition) is 6. The summed E-state index contributed by atoms with van der Waals surface area (Å²) in [6, 6.07) is 8.50. The van der Waals surface area contributed by atoms with Crippen LogP contribution in [0.4, 0.5) is 0 Å². The highest BCUT2D eigenvalue weighted by Gasteiger charge is 2.24. The van der Waals surface area contributed by atoms with Crippen LogP contribution in [0.5, 0.6) is 5.88 Å². The molecule has 0 unspecified atom stereocenters. The topological polar surface area (TPSA) is 109 Å². The van der Waals surface area contributed by atoms with E-state index in [1.165, 1.54) is 12.1 Å². The number of rotatable bonds is 4. The Hall–Kier alpha value is -2.49. The Balaban J connectivity index is 1.89. The van der Waals surface area contributed by atoms with E-state index in [2.05, 4.69) is 4.98 Å². The average molecular weight is 388 g/mol. The molecule has 0 atom stereocenters. The van der Waals surface area contributed by atoms with Crippen LogP contribution in [0.3, 0.4) is 0 Å². The molecule has 2 N–H and O–H groups in total. The predicted octanol–water partition coefficient (Wildman–Crippen LogP) is 2.11. The van der Waals surface area contributed by atoms with Gasteiger partial charge in [0.15, 0.2) is 0 Å². The molecule has 1 aromatic carbocycles. The van der Waals surface area contributed by atoms with Gasteiger partial charge in [0.1, 0.15) is 5.69 Å². The number of fused-ring (bicyclic) bond motifs is 1. The first-order chi connectivity index (χ1) is 13.0. The van der Waals surface area contributed by atoms with Gasteiger partial charge >= 0.3 is 0 Å². The maximum Gasteiger partial charge on any atom is 0.238 e. The van der Waals surface area contributed by atoms with Crippen molar-refractivity contribution < 1.29 is 17.9 Å². The fourth-order valence-electron chi connectivity index (χ4n) is 3.43. The second-order valence-electron chi connectivity index (χ2n) is 6.42. The monoisotopic (exact) mass is 388 g/mol. The maximum absolute atomic E-state index is 11.5. The fraction of sp³-hybridized carbons (Fsp3) is 0.333. The molecular weight excluding hydrogens is 368 g/mol. The summed E-state index contributed by atoms with van der Waals surface area (Å²) in [6.07, 6.45) is 3.46. The number of aromatic nitrogens is 3. The highest BCUT2D eigenvalue weighted by molar-refractivity contribution is 7.89. The van der Waals surface area contributed by atoms with Crippen molar-refractivity contribution in [1.82, 2.24) is 14.8 Å². The van der Waals surface area contributed by atoms with Crippen molar-refractivity contribution in [2.24, 2.45) is 5.14 Å². The summed E-state index contributed by atoms with van der Waals surface area (Å²) >= 11 is 0. The van der Waals surface area contributed by atoms with Crippen molar-refractivity contribution in [3.05, 3.63) is 36.5 Å². The number of nitrogens with two attached hydrogens (primary N) is 1. The summed E-state index contributed by atoms with van der Waals surface area (Å²) in [5.41, 5.74) is 2.39. The van der Waals surface area contributed by atoms with Crippen LogP contribution in [0, 0.1) is 0 Å². The minimum absolute atomic E-state index is 0.0597. The van der Waals surface area contributed by atoms with E-state index in [-0.39, 0.29) is 10.9 Å². The van der Waals surface area contributed by atoms with Gasteiger partial charge in [-0.3, -0.25) is 4.68 Å². The fourth-order valence-corrected chi connectivity index (χ4v) is 3.94. The zero-order valence-electron chi connectivity index (χ0n) is 14.8. The molecule has 142 valence electrons. The van der Waals surface area contributed by atoms with Crippen LogP contribution < -0.4 is 9.88 Å². The zero-order chi connectivity index (χ0) is 19.0. The van der Waals surface area contributed by atoms with E-state index in [4.69, 9.17) is 19.7 Å². The first kappa shape index (κ1) is 17.9. The summed E-state index contributed by atoms with van der Waals surface area (Å²) in [5, 5.41) is 10.8. The molecule has 27 heavy (non-hydrogen) atoms. The van der Waals surface area contributed by atoms with Crippen molar-refractivity contribution in [1.29, 1.82) is 0 Å². The van der Waals surface area contributed by atoms with Gasteiger partial charge in [0.2, 0.25) is 15.9 Å². The third kappa shape index (κ3) is 3.29. The first-order valence-electron chi connectivity index (χ1n) is 8.61. The lowest BCUT2D eigenvalue weighted by Crippen LogP contribution is -2.20. The lowest BCUT2D eigenvalue weighted by Gasteiger charge is -2.23. The standard InChI is InChI=1S/C18H20N4O4S/c1-25-18-16-15(6-9-20-18)22(13-7-10-26-11-8-13)21-17(16)12-2-4-14(5-3-12)27(19,23)24/h2-6,9,13H,7-8,10-11H2,1H3,(H2,19,23,24). The highest BCUT2D eigenvalue weighted by atomic mass is 32.2. The third-order valence-corrected chi connectivity index (χ3v) is 5.70. The number of pyridine rings is 1. The molecular formula is C18H20N4O4S. The highest BCUT2D eigenvalue weighted by Crippen LogP contribution is 2.36. The van der Waals surface area contributed by atoms with Crippen LogP contribution in [-0.2, 0) is 14.8 Å². The molecule has 1 fully saturated rings. The van der Waals surface area contributed by atoms with Crippen molar-refractivity contribution in [3.8, 4) is 17.1 Å². The van der Waals surface area contributed by atoms with Crippen molar-refractivity contribution in [2.45, 2.75) is 23.8 Å². The minimum atomic E-state index is -3.75. The molecule has 1 aliphatic rings. The van der Waals surface area contributed by atoms with Gasteiger partial charge in [0.05, 0.1) is 29.0 Å². The van der Waals surface area contributed by atoms with Crippen LogP contribution >= 0.6 is 0 Å². The third-order valence-electron chi connectivity index (χ3n) is 4.77. The minimum Gasteiger partial charge on any atom is -0.480 e. The number of benzene rings is 1. The quantitative estimate of drug-likeness (QED) is 0.733. The van der Waals surface area contributed by atoms with Crippen LogP contribution in [0.1, 0.15) is 18.9 Å². The molecule has 8 nitrogen and oxygen atoms in total. The molecule has 9 heteroatoms.